The minimum absolute atomic E-state index is 0.179. The Kier molecular flexibility index (Phi) is 4.95. The molecule has 0 aliphatic carbocycles. The molecule has 0 saturated carbocycles. The van der Waals surface area contributed by atoms with E-state index in [1.807, 2.05) is 11.8 Å². The number of nitrogens with one attached hydrogen (secondary N) is 1. The molecule has 2 heterocycles. The van der Waals surface area contributed by atoms with Crippen molar-refractivity contribution in [3.8, 4) is 0 Å². The van der Waals surface area contributed by atoms with Gasteiger partial charge in [0.2, 0.25) is 5.91 Å². The predicted molar refractivity (Wildman–Crippen MR) is 82.0 cm³/mol. The van der Waals surface area contributed by atoms with Crippen LogP contribution in [-0.2, 0) is 9.59 Å². The third-order valence-electron chi connectivity index (χ3n) is 3.93. The maximum atomic E-state index is 12.0. The Morgan fingerprint density at radius 2 is 2.29 bits per heavy atom. The van der Waals surface area contributed by atoms with Gasteiger partial charge in [-0.05, 0) is 47.4 Å². The van der Waals surface area contributed by atoms with Crippen LogP contribution in [0.15, 0.2) is 22.8 Å². The highest BCUT2D eigenvalue weighted by Gasteiger charge is 2.43. The van der Waals surface area contributed by atoms with Gasteiger partial charge in [0.05, 0.1) is 12.0 Å². The quantitative estimate of drug-likeness (QED) is 0.843. The summed E-state index contributed by atoms with van der Waals surface area (Å²) in [6.45, 7) is 3.11. The number of anilines is 1. The van der Waals surface area contributed by atoms with E-state index in [1.165, 1.54) is 0 Å². The van der Waals surface area contributed by atoms with E-state index in [0.717, 1.165) is 4.47 Å². The van der Waals surface area contributed by atoms with Gasteiger partial charge in [-0.1, -0.05) is 6.92 Å². The Hall–Kier alpha value is -1.47. The number of likely N-dealkylation sites (tertiary alicyclic amines) is 1. The normalized spacial score (nSPS) is 22.2. The Labute approximate surface area is 131 Å². The van der Waals surface area contributed by atoms with Crippen molar-refractivity contribution in [2.75, 3.05) is 25.0 Å². The van der Waals surface area contributed by atoms with Crippen LogP contribution < -0.4 is 5.32 Å². The van der Waals surface area contributed by atoms with Crippen molar-refractivity contribution >= 4 is 33.6 Å². The lowest BCUT2D eigenvalue weighted by molar-refractivity contribution is -0.148. The van der Waals surface area contributed by atoms with Gasteiger partial charge >= 0.3 is 5.97 Å². The number of pyridine rings is 1. The predicted octanol–water partition coefficient (Wildman–Crippen LogP) is 1.97. The molecule has 1 saturated heterocycles. The van der Waals surface area contributed by atoms with E-state index >= 15 is 0 Å². The van der Waals surface area contributed by atoms with Gasteiger partial charge in [0.15, 0.2) is 0 Å². The van der Waals surface area contributed by atoms with Gasteiger partial charge in [0.1, 0.15) is 5.82 Å². The molecule has 2 N–H and O–H groups in total. The Morgan fingerprint density at radius 1 is 1.52 bits per heavy atom. The lowest BCUT2D eigenvalue weighted by atomic mass is 9.84. The molecule has 21 heavy (non-hydrogen) atoms. The highest BCUT2D eigenvalue weighted by Crippen LogP contribution is 2.33. The van der Waals surface area contributed by atoms with Crippen molar-refractivity contribution in [3.05, 3.63) is 22.8 Å². The number of hydrogen-bond donors (Lipinski definition) is 2. The largest absolute Gasteiger partial charge is 0.481 e. The number of carbonyl (C=O) groups is 2. The molecular weight excluding hydrogens is 338 g/mol. The SMILES string of the molecule is CCC1(C(=O)O)CCN(CC(=O)Nc2ccc(Br)cn2)C1. The van der Waals surface area contributed by atoms with Crippen LogP contribution in [0, 0.1) is 5.41 Å². The number of halogens is 1. The van der Waals surface area contributed by atoms with Crippen LogP contribution in [0.3, 0.4) is 0 Å². The summed E-state index contributed by atoms with van der Waals surface area (Å²) < 4.78 is 0.842. The molecule has 0 bridgehead atoms. The van der Waals surface area contributed by atoms with Crippen molar-refractivity contribution in [2.45, 2.75) is 19.8 Å². The lowest BCUT2D eigenvalue weighted by Gasteiger charge is -2.22. The zero-order valence-corrected chi connectivity index (χ0v) is 13.4. The molecule has 1 amide bonds. The summed E-state index contributed by atoms with van der Waals surface area (Å²) in [4.78, 5) is 29.3. The first-order valence-electron chi connectivity index (χ1n) is 6.82. The van der Waals surface area contributed by atoms with E-state index in [4.69, 9.17) is 0 Å². The maximum absolute atomic E-state index is 12.0. The Bertz CT molecular complexity index is 535. The molecule has 1 aromatic rings. The Balaban J connectivity index is 1.89. The molecule has 1 fully saturated rings. The number of rotatable bonds is 5. The van der Waals surface area contributed by atoms with Crippen LogP contribution in [0.1, 0.15) is 19.8 Å². The van der Waals surface area contributed by atoms with E-state index < -0.39 is 11.4 Å². The van der Waals surface area contributed by atoms with E-state index in [2.05, 4.69) is 26.2 Å². The van der Waals surface area contributed by atoms with Crippen molar-refractivity contribution in [2.24, 2.45) is 5.41 Å². The zero-order chi connectivity index (χ0) is 15.5. The van der Waals surface area contributed by atoms with Crippen molar-refractivity contribution in [1.29, 1.82) is 0 Å². The van der Waals surface area contributed by atoms with E-state index in [0.29, 0.717) is 31.7 Å². The average Bonchev–Trinajstić information content (AvgIpc) is 2.86. The van der Waals surface area contributed by atoms with Gasteiger partial charge in [-0.2, -0.15) is 0 Å². The summed E-state index contributed by atoms with van der Waals surface area (Å²) in [5.74, 6) is -0.466. The third kappa shape index (κ3) is 3.79. The number of nitrogens with zero attached hydrogens (tertiary/aromatic N) is 2. The minimum Gasteiger partial charge on any atom is -0.481 e. The number of aromatic nitrogens is 1. The number of aliphatic carboxylic acids is 1. The molecule has 1 unspecified atom stereocenters. The first kappa shape index (κ1) is 15.9. The van der Waals surface area contributed by atoms with E-state index in [1.54, 1.807) is 18.3 Å². The van der Waals surface area contributed by atoms with Crippen LogP contribution in [0.25, 0.3) is 0 Å². The van der Waals surface area contributed by atoms with Gasteiger partial charge in [-0.3, -0.25) is 14.5 Å². The van der Waals surface area contributed by atoms with Crippen LogP contribution in [0.2, 0.25) is 0 Å². The molecular formula is C14H18BrN3O3. The van der Waals surface area contributed by atoms with E-state index in [-0.39, 0.29) is 12.5 Å². The van der Waals surface area contributed by atoms with Crippen LogP contribution in [-0.4, -0.2) is 46.5 Å². The monoisotopic (exact) mass is 355 g/mol. The highest BCUT2D eigenvalue weighted by molar-refractivity contribution is 9.10. The van der Waals surface area contributed by atoms with Gasteiger partial charge in [0, 0.05) is 17.2 Å². The second kappa shape index (κ2) is 6.53. The average molecular weight is 356 g/mol. The van der Waals surface area contributed by atoms with Crippen molar-refractivity contribution in [3.63, 3.8) is 0 Å². The zero-order valence-electron chi connectivity index (χ0n) is 11.8. The number of carboxylic acid groups (broad SMARTS) is 1. The fourth-order valence-electron chi connectivity index (χ4n) is 2.54. The molecule has 1 aliphatic rings. The van der Waals surface area contributed by atoms with Crippen LogP contribution >= 0.6 is 15.9 Å². The molecule has 1 atom stereocenters. The summed E-state index contributed by atoms with van der Waals surface area (Å²) in [5, 5.41) is 12.0. The lowest BCUT2D eigenvalue weighted by Crippen LogP contribution is -2.37. The molecule has 2 rings (SSSR count). The molecule has 1 aliphatic heterocycles. The molecule has 0 aromatic carbocycles. The second-order valence-electron chi connectivity index (χ2n) is 5.31. The summed E-state index contributed by atoms with van der Waals surface area (Å²) in [6.07, 6.45) is 2.77. The van der Waals surface area contributed by atoms with Crippen molar-refractivity contribution in [1.82, 2.24) is 9.88 Å². The molecule has 0 radical (unpaired) electrons. The fourth-order valence-corrected chi connectivity index (χ4v) is 2.78. The van der Waals surface area contributed by atoms with Gasteiger partial charge in [-0.25, -0.2) is 4.98 Å². The maximum Gasteiger partial charge on any atom is 0.310 e. The number of amides is 1. The molecule has 114 valence electrons. The topological polar surface area (TPSA) is 82.5 Å². The first-order valence-corrected chi connectivity index (χ1v) is 7.62. The first-order chi connectivity index (χ1) is 9.95. The number of carboxylic acids is 1. The smallest absolute Gasteiger partial charge is 0.310 e. The van der Waals surface area contributed by atoms with Gasteiger partial charge < -0.3 is 10.4 Å². The molecule has 1 aromatic heterocycles. The summed E-state index contributed by atoms with van der Waals surface area (Å²) >= 11 is 3.28. The summed E-state index contributed by atoms with van der Waals surface area (Å²) in [6, 6.07) is 3.50. The Morgan fingerprint density at radius 3 is 2.81 bits per heavy atom. The van der Waals surface area contributed by atoms with Gasteiger partial charge in [0.25, 0.3) is 0 Å². The minimum atomic E-state index is -0.775. The highest BCUT2D eigenvalue weighted by atomic mass is 79.9. The summed E-state index contributed by atoms with van der Waals surface area (Å²) in [5.41, 5.74) is -0.712. The van der Waals surface area contributed by atoms with Crippen LogP contribution in [0.4, 0.5) is 5.82 Å². The standard InChI is InChI=1S/C14H18BrN3O3/c1-2-14(13(20)21)5-6-18(9-14)8-12(19)17-11-4-3-10(15)7-16-11/h3-4,7H,2,5-6,8-9H2,1H3,(H,20,21)(H,16,17,19). The van der Waals surface area contributed by atoms with Crippen molar-refractivity contribution < 1.29 is 14.7 Å². The molecule has 6 nitrogen and oxygen atoms in total. The third-order valence-corrected chi connectivity index (χ3v) is 4.39. The van der Waals surface area contributed by atoms with Gasteiger partial charge in [-0.15, -0.1) is 0 Å². The number of carbonyl (C=O) groups excluding carboxylic acids is 1. The number of hydrogen-bond acceptors (Lipinski definition) is 4. The fraction of sp³-hybridized carbons (Fsp3) is 0.500. The molecule has 0 spiro atoms. The summed E-state index contributed by atoms with van der Waals surface area (Å²) in [7, 11) is 0. The van der Waals surface area contributed by atoms with Crippen LogP contribution in [0.5, 0.6) is 0 Å². The van der Waals surface area contributed by atoms with E-state index in [9.17, 15) is 14.7 Å². The molecule has 7 heteroatoms. The second-order valence-corrected chi connectivity index (χ2v) is 6.23.